The van der Waals surface area contributed by atoms with Crippen molar-refractivity contribution in [3.63, 3.8) is 0 Å². The molecule has 0 aromatic heterocycles. The van der Waals surface area contributed by atoms with Crippen LogP contribution < -0.4 is 9.64 Å². The van der Waals surface area contributed by atoms with Crippen molar-refractivity contribution >= 4 is 11.7 Å². The van der Waals surface area contributed by atoms with E-state index in [-0.39, 0.29) is 30.8 Å². The molecular weight excluding hydrogens is 505 g/mol. The standard InChI is InChI=1S/C34H34FNO4/c1-22-15-25(32-19-30(40-2)13-14-33(32)35)10-9-24(22)16-23-7-11-28(12-8-23)36-20-27(17-29(36)18-34(38)39)31-6-4-3-5-26(31)21-37/h3-15,19,27,29,37H,16-18,20-21H2,1-2H3,(H,38,39)/t27-,29+/m0/s1. The van der Waals surface area contributed by atoms with Crippen LogP contribution >= 0.6 is 0 Å². The smallest absolute Gasteiger partial charge is 0.305 e. The van der Waals surface area contributed by atoms with Gasteiger partial charge < -0.3 is 19.8 Å². The van der Waals surface area contributed by atoms with Crippen molar-refractivity contribution in [2.75, 3.05) is 18.6 Å². The zero-order valence-electron chi connectivity index (χ0n) is 22.8. The maximum Gasteiger partial charge on any atom is 0.305 e. The summed E-state index contributed by atoms with van der Waals surface area (Å²) in [5, 5.41) is 19.4. The number of aliphatic carboxylic acids is 1. The van der Waals surface area contributed by atoms with Crippen molar-refractivity contribution in [2.45, 2.75) is 44.8 Å². The van der Waals surface area contributed by atoms with Gasteiger partial charge in [-0.3, -0.25) is 4.79 Å². The van der Waals surface area contributed by atoms with E-state index in [2.05, 4.69) is 29.2 Å². The largest absolute Gasteiger partial charge is 0.497 e. The Bertz CT molecular complexity index is 1500. The van der Waals surface area contributed by atoms with Crippen LogP contribution in [0.25, 0.3) is 11.1 Å². The second-order valence-electron chi connectivity index (χ2n) is 10.5. The van der Waals surface area contributed by atoms with E-state index in [1.54, 1.807) is 19.2 Å². The molecule has 5 rings (SSSR count). The number of nitrogens with zero attached hydrogens (tertiary/aromatic N) is 1. The van der Waals surface area contributed by atoms with E-state index in [1.165, 1.54) is 6.07 Å². The third-order valence-corrected chi connectivity index (χ3v) is 7.98. The maximum absolute atomic E-state index is 14.5. The third kappa shape index (κ3) is 5.87. The third-order valence-electron chi connectivity index (χ3n) is 7.98. The molecule has 4 aromatic carbocycles. The van der Waals surface area contributed by atoms with Crippen LogP contribution in [-0.2, 0) is 17.8 Å². The molecule has 1 aliphatic heterocycles. The van der Waals surface area contributed by atoms with Gasteiger partial charge in [-0.05, 0) is 83.5 Å². The molecule has 6 heteroatoms. The first-order valence-electron chi connectivity index (χ1n) is 13.6. The molecule has 2 N–H and O–H groups in total. The molecule has 4 aromatic rings. The van der Waals surface area contributed by atoms with E-state index in [1.807, 2.05) is 49.4 Å². The lowest BCUT2D eigenvalue weighted by Gasteiger charge is -2.26. The number of aliphatic hydroxyl groups excluding tert-OH is 1. The Labute approximate surface area is 234 Å². The Kier molecular flexibility index (Phi) is 8.17. The SMILES string of the molecule is COc1ccc(F)c(-c2ccc(Cc3ccc(N4C[C@@H](c5ccccc5CO)C[C@@H]4CC(=O)O)cc3)c(C)c2)c1. The number of carboxylic acid groups (broad SMARTS) is 1. The van der Waals surface area contributed by atoms with Gasteiger partial charge >= 0.3 is 5.97 Å². The highest BCUT2D eigenvalue weighted by atomic mass is 19.1. The van der Waals surface area contributed by atoms with E-state index in [4.69, 9.17) is 4.74 Å². The average molecular weight is 540 g/mol. The Balaban J connectivity index is 1.33. The number of benzene rings is 4. The molecule has 0 spiro atoms. The first kappa shape index (κ1) is 27.4. The monoisotopic (exact) mass is 539 g/mol. The number of anilines is 1. The summed E-state index contributed by atoms with van der Waals surface area (Å²) in [6.45, 7) is 2.71. The number of halogens is 1. The molecule has 0 aliphatic carbocycles. The average Bonchev–Trinajstić information content (AvgIpc) is 3.37. The molecule has 5 nitrogen and oxygen atoms in total. The zero-order chi connectivity index (χ0) is 28.2. The van der Waals surface area contributed by atoms with Crippen molar-refractivity contribution in [1.29, 1.82) is 0 Å². The van der Waals surface area contributed by atoms with Crippen LogP contribution in [0.1, 0.15) is 46.6 Å². The molecule has 1 heterocycles. The summed E-state index contributed by atoms with van der Waals surface area (Å²) in [7, 11) is 1.57. The van der Waals surface area contributed by atoms with Crippen molar-refractivity contribution < 1.29 is 24.1 Å². The van der Waals surface area contributed by atoms with Crippen LogP contribution in [0.4, 0.5) is 10.1 Å². The van der Waals surface area contributed by atoms with Gasteiger partial charge in [-0.25, -0.2) is 4.39 Å². The van der Waals surface area contributed by atoms with Crippen LogP contribution in [0.3, 0.4) is 0 Å². The molecule has 0 unspecified atom stereocenters. The van der Waals surface area contributed by atoms with Crippen molar-refractivity contribution in [3.8, 4) is 16.9 Å². The van der Waals surface area contributed by atoms with E-state index in [0.29, 0.717) is 17.9 Å². The predicted octanol–water partition coefficient (Wildman–Crippen LogP) is 6.73. The first-order valence-corrected chi connectivity index (χ1v) is 13.6. The molecule has 1 aliphatic rings. The highest BCUT2D eigenvalue weighted by Gasteiger charge is 2.35. The number of hydrogen-bond acceptors (Lipinski definition) is 4. The van der Waals surface area contributed by atoms with Crippen LogP contribution in [0.15, 0.2) is 84.9 Å². The highest BCUT2D eigenvalue weighted by molar-refractivity contribution is 5.69. The zero-order valence-corrected chi connectivity index (χ0v) is 22.8. The Morgan fingerprint density at radius 1 is 1.00 bits per heavy atom. The number of ether oxygens (including phenoxy) is 1. The summed E-state index contributed by atoms with van der Waals surface area (Å²) in [4.78, 5) is 13.9. The van der Waals surface area contributed by atoms with Crippen molar-refractivity contribution in [1.82, 2.24) is 0 Å². The van der Waals surface area contributed by atoms with Crippen LogP contribution in [-0.4, -0.2) is 35.9 Å². The van der Waals surface area contributed by atoms with E-state index in [0.717, 1.165) is 51.9 Å². The molecule has 0 bridgehead atoms. The Morgan fingerprint density at radius 3 is 2.48 bits per heavy atom. The van der Waals surface area contributed by atoms with Gasteiger partial charge in [-0.15, -0.1) is 0 Å². The quantitative estimate of drug-likeness (QED) is 0.247. The number of carbonyl (C=O) groups is 1. The highest BCUT2D eigenvalue weighted by Crippen LogP contribution is 2.38. The number of aryl methyl sites for hydroxylation is 1. The number of carboxylic acids is 1. The number of hydrogen-bond donors (Lipinski definition) is 2. The normalized spacial score (nSPS) is 16.8. The number of methoxy groups -OCH3 is 1. The van der Waals surface area contributed by atoms with Crippen molar-refractivity contribution in [3.05, 3.63) is 119 Å². The molecular formula is C34H34FNO4. The summed E-state index contributed by atoms with van der Waals surface area (Å²) in [6.07, 6.45) is 1.53. The van der Waals surface area contributed by atoms with Gasteiger partial charge in [0.1, 0.15) is 11.6 Å². The summed E-state index contributed by atoms with van der Waals surface area (Å²) >= 11 is 0. The summed E-state index contributed by atoms with van der Waals surface area (Å²) in [5.41, 5.74) is 7.69. The Morgan fingerprint density at radius 2 is 1.77 bits per heavy atom. The lowest BCUT2D eigenvalue weighted by molar-refractivity contribution is -0.137. The minimum Gasteiger partial charge on any atom is -0.497 e. The lowest BCUT2D eigenvalue weighted by atomic mass is 9.92. The van der Waals surface area contributed by atoms with Gasteiger partial charge in [-0.2, -0.15) is 0 Å². The van der Waals surface area contributed by atoms with Gasteiger partial charge in [0.05, 0.1) is 20.1 Å². The second-order valence-corrected chi connectivity index (χ2v) is 10.5. The molecule has 0 radical (unpaired) electrons. The van der Waals surface area contributed by atoms with Gasteiger partial charge in [-0.1, -0.05) is 54.6 Å². The van der Waals surface area contributed by atoms with Gasteiger partial charge in [0.15, 0.2) is 0 Å². The van der Waals surface area contributed by atoms with E-state index < -0.39 is 5.97 Å². The molecule has 0 saturated carbocycles. The van der Waals surface area contributed by atoms with Crippen LogP contribution in [0.5, 0.6) is 5.75 Å². The molecule has 0 amide bonds. The maximum atomic E-state index is 14.5. The van der Waals surface area contributed by atoms with Crippen LogP contribution in [0.2, 0.25) is 0 Å². The van der Waals surface area contributed by atoms with Gasteiger partial charge in [0.25, 0.3) is 0 Å². The van der Waals surface area contributed by atoms with E-state index in [9.17, 15) is 19.4 Å². The second kappa shape index (κ2) is 11.9. The lowest BCUT2D eigenvalue weighted by Crippen LogP contribution is -2.31. The fourth-order valence-corrected chi connectivity index (χ4v) is 5.87. The topological polar surface area (TPSA) is 70.0 Å². The number of aliphatic hydroxyl groups is 1. The molecule has 1 fully saturated rings. The predicted molar refractivity (Wildman–Crippen MR) is 155 cm³/mol. The number of rotatable bonds is 9. The summed E-state index contributed by atoms with van der Waals surface area (Å²) in [5.74, 6) is -0.321. The fourth-order valence-electron chi connectivity index (χ4n) is 5.87. The van der Waals surface area contributed by atoms with E-state index >= 15 is 0 Å². The Hall–Kier alpha value is -4.16. The first-order chi connectivity index (χ1) is 19.4. The molecule has 40 heavy (non-hydrogen) atoms. The summed E-state index contributed by atoms with van der Waals surface area (Å²) in [6, 6.07) is 26.8. The fraction of sp³-hybridized carbons (Fsp3) is 0.265. The molecule has 2 atom stereocenters. The van der Waals surface area contributed by atoms with Crippen LogP contribution in [0, 0.1) is 12.7 Å². The molecule has 206 valence electrons. The van der Waals surface area contributed by atoms with Gasteiger partial charge in [0.2, 0.25) is 0 Å². The van der Waals surface area contributed by atoms with Crippen molar-refractivity contribution in [2.24, 2.45) is 0 Å². The minimum absolute atomic E-state index is 0.0279. The van der Waals surface area contributed by atoms with Gasteiger partial charge in [0, 0.05) is 29.8 Å². The molecule has 1 saturated heterocycles. The minimum atomic E-state index is -0.810. The summed E-state index contributed by atoms with van der Waals surface area (Å²) < 4.78 is 19.8.